The summed E-state index contributed by atoms with van der Waals surface area (Å²) in [6, 6.07) is 8.50. The molecular formula is C12H8N2O4S2. The van der Waals surface area contributed by atoms with Gasteiger partial charge >= 0.3 is 0 Å². The van der Waals surface area contributed by atoms with E-state index in [1.54, 1.807) is 30.3 Å². The summed E-state index contributed by atoms with van der Waals surface area (Å²) in [7, 11) is 0. The number of carbonyl (C=O) groups is 4. The number of anilines is 1. The summed E-state index contributed by atoms with van der Waals surface area (Å²) in [5, 5.41) is -0.506. The third kappa shape index (κ3) is 2.10. The second-order valence-corrected chi connectivity index (χ2v) is 6.34. The van der Waals surface area contributed by atoms with Gasteiger partial charge in [0.25, 0.3) is 10.5 Å². The third-order valence-corrected chi connectivity index (χ3v) is 5.22. The van der Waals surface area contributed by atoms with Gasteiger partial charge in [-0.2, -0.15) is 0 Å². The Labute approximate surface area is 122 Å². The quantitative estimate of drug-likeness (QED) is 0.893. The smallest absolute Gasteiger partial charge is 0.286 e. The van der Waals surface area contributed by atoms with Crippen molar-refractivity contribution in [2.75, 3.05) is 4.90 Å². The first kappa shape index (κ1) is 13.2. The maximum atomic E-state index is 12.3. The molecule has 0 aromatic heterocycles. The summed E-state index contributed by atoms with van der Waals surface area (Å²) in [4.78, 5) is 48.2. The Morgan fingerprint density at radius 3 is 2.25 bits per heavy atom. The number of nitrogens with zero attached hydrogens (tertiary/aromatic N) is 1. The molecule has 3 rings (SSSR count). The highest BCUT2D eigenvalue weighted by atomic mass is 32.2. The van der Waals surface area contributed by atoms with Gasteiger partial charge in [-0.15, -0.1) is 0 Å². The summed E-state index contributed by atoms with van der Waals surface area (Å²) < 4.78 is 0. The van der Waals surface area contributed by atoms with Crippen LogP contribution >= 0.6 is 23.5 Å². The molecule has 2 atom stereocenters. The normalized spacial score (nSPS) is 26.3. The van der Waals surface area contributed by atoms with Crippen LogP contribution in [0.5, 0.6) is 0 Å². The van der Waals surface area contributed by atoms with Crippen LogP contribution < -0.4 is 10.2 Å². The molecule has 0 aliphatic carbocycles. The fraction of sp³-hybridized carbons (Fsp3) is 0.167. The summed E-state index contributed by atoms with van der Waals surface area (Å²) in [6.07, 6.45) is 0. The van der Waals surface area contributed by atoms with Crippen molar-refractivity contribution in [1.29, 1.82) is 0 Å². The monoisotopic (exact) mass is 308 g/mol. The van der Waals surface area contributed by atoms with Gasteiger partial charge in [0.15, 0.2) is 0 Å². The van der Waals surface area contributed by atoms with E-state index in [-0.39, 0.29) is 0 Å². The molecule has 20 heavy (non-hydrogen) atoms. The molecule has 2 aliphatic rings. The van der Waals surface area contributed by atoms with E-state index in [2.05, 4.69) is 5.32 Å². The first-order valence-corrected chi connectivity index (χ1v) is 7.45. The highest BCUT2D eigenvalue weighted by Crippen LogP contribution is 2.38. The van der Waals surface area contributed by atoms with Gasteiger partial charge < -0.3 is 0 Å². The molecule has 0 saturated carbocycles. The lowest BCUT2D eigenvalue weighted by atomic mass is 10.2. The van der Waals surface area contributed by atoms with Crippen LogP contribution in [0.4, 0.5) is 15.3 Å². The topological polar surface area (TPSA) is 83.6 Å². The molecule has 2 aliphatic heterocycles. The van der Waals surface area contributed by atoms with E-state index in [1.807, 2.05) is 0 Å². The van der Waals surface area contributed by atoms with E-state index in [0.29, 0.717) is 5.69 Å². The molecule has 1 aromatic rings. The third-order valence-electron chi connectivity index (χ3n) is 2.88. The van der Waals surface area contributed by atoms with Crippen molar-refractivity contribution in [3.63, 3.8) is 0 Å². The van der Waals surface area contributed by atoms with Crippen molar-refractivity contribution in [3.05, 3.63) is 30.3 Å². The van der Waals surface area contributed by atoms with Gasteiger partial charge in [-0.1, -0.05) is 18.2 Å². The number of amides is 4. The van der Waals surface area contributed by atoms with E-state index in [0.717, 1.165) is 28.4 Å². The maximum absolute atomic E-state index is 12.3. The number of thioether (sulfide) groups is 2. The van der Waals surface area contributed by atoms with Crippen molar-refractivity contribution >= 4 is 51.5 Å². The van der Waals surface area contributed by atoms with E-state index >= 15 is 0 Å². The predicted octanol–water partition coefficient (Wildman–Crippen LogP) is 1.61. The molecule has 6 nitrogen and oxygen atoms in total. The largest absolute Gasteiger partial charge is 0.293 e. The second kappa shape index (κ2) is 4.95. The molecule has 0 bridgehead atoms. The second-order valence-electron chi connectivity index (χ2n) is 4.13. The number of benzene rings is 1. The SMILES string of the molecule is O=C1NC(=O)[C@@H]([C@H]2SC(=O)N(c3ccccc3)C2=O)S1. The Kier molecular flexibility index (Phi) is 3.27. The molecule has 0 spiro atoms. The van der Waals surface area contributed by atoms with Gasteiger partial charge in [0.05, 0.1) is 5.69 Å². The minimum Gasteiger partial charge on any atom is -0.286 e. The molecule has 0 unspecified atom stereocenters. The average molecular weight is 308 g/mol. The van der Waals surface area contributed by atoms with Gasteiger partial charge in [0, 0.05) is 0 Å². The Balaban J connectivity index is 1.88. The van der Waals surface area contributed by atoms with Crippen LogP contribution in [0.15, 0.2) is 30.3 Å². The van der Waals surface area contributed by atoms with E-state index in [1.165, 1.54) is 0 Å². The molecule has 2 saturated heterocycles. The lowest BCUT2D eigenvalue weighted by Gasteiger charge is -2.14. The van der Waals surface area contributed by atoms with Crippen LogP contribution in [0, 0.1) is 0 Å². The number of carbonyl (C=O) groups excluding carboxylic acids is 4. The highest BCUT2D eigenvalue weighted by Gasteiger charge is 2.50. The molecule has 0 radical (unpaired) electrons. The molecule has 1 aromatic carbocycles. The summed E-state index contributed by atoms with van der Waals surface area (Å²) in [5.74, 6) is -0.984. The molecule has 2 heterocycles. The number of hydrogen-bond donors (Lipinski definition) is 1. The first-order valence-electron chi connectivity index (χ1n) is 5.69. The average Bonchev–Trinajstić information content (AvgIpc) is 2.90. The van der Waals surface area contributed by atoms with Gasteiger partial charge in [0.2, 0.25) is 11.8 Å². The van der Waals surface area contributed by atoms with E-state index in [9.17, 15) is 19.2 Å². The van der Waals surface area contributed by atoms with Gasteiger partial charge in [-0.25, -0.2) is 4.90 Å². The Hall–Kier alpha value is -1.80. The number of nitrogens with one attached hydrogen (secondary N) is 1. The van der Waals surface area contributed by atoms with Crippen molar-refractivity contribution in [2.24, 2.45) is 0 Å². The van der Waals surface area contributed by atoms with Crippen LogP contribution in [-0.4, -0.2) is 32.8 Å². The van der Waals surface area contributed by atoms with Gasteiger partial charge in [0.1, 0.15) is 10.5 Å². The minimum atomic E-state index is -0.862. The van der Waals surface area contributed by atoms with Crippen molar-refractivity contribution in [1.82, 2.24) is 5.32 Å². The molecule has 1 N–H and O–H groups in total. The van der Waals surface area contributed by atoms with Crippen molar-refractivity contribution < 1.29 is 19.2 Å². The fourth-order valence-electron chi connectivity index (χ4n) is 2.00. The number of rotatable bonds is 2. The van der Waals surface area contributed by atoms with Crippen LogP contribution in [0.1, 0.15) is 0 Å². The zero-order valence-electron chi connectivity index (χ0n) is 9.94. The molecule has 2 fully saturated rings. The van der Waals surface area contributed by atoms with Crippen molar-refractivity contribution in [3.8, 4) is 0 Å². The Bertz CT molecular complexity index is 619. The lowest BCUT2D eigenvalue weighted by Crippen LogP contribution is -2.39. The van der Waals surface area contributed by atoms with Crippen LogP contribution in [0.3, 0.4) is 0 Å². The lowest BCUT2D eigenvalue weighted by molar-refractivity contribution is -0.122. The van der Waals surface area contributed by atoms with Crippen molar-refractivity contribution in [2.45, 2.75) is 10.5 Å². The van der Waals surface area contributed by atoms with Gasteiger partial charge in [-0.3, -0.25) is 24.5 Å². The fourth-order valence-corrected chi connectivity index (χ4v) is 4.10. The first-order chi connectivity index (χ1) is 9.58. The van der Waals surface area contributed by atoms with E-state index < -0.39 is 32.8 Å². The van der Waals surface area contributed by atoms with Crippen LogP contribution in [0.25, 0.3) is 0 Å². The summed E-state index contributed by atoms with van der Waals surface area (Å²) in [6.45, 7) is 0. The zero-order chi connectivity index (χ0) is 14.3. The Morgan fingerprint density at radius 2 is 1.65 bits per heavy atom. The Morgan fingerprint density at radius 1 is 0.950 bits per heavy atom. The molecule has 8 heteroatoms. The van der Waals surface area contributed by atoms with Gasteiger partial charge in [-0.05, 0) is 35.7 Å². The number of para-hydroxylation sites is 1. The number of hydrogen-bond acceptors (Lipinski definition) is 6. The summed E-state index contributed by atoms with van der Waals surface area (Å²) >= 11 is 1.54. The molecule has 102 valence electrons. The highest BCUT2D eigenvalue weighted by molar-refractivity contribution is 8.19. The minimum absolute atomic E-state index is 0.432. The zero-order valence-corrected chi connectivity index (χ0v) is 11.6. The van der Waals surface area contributed by atoms with Crippen LogP contribution in [0.2, 0.25) is 0 Å². The molecular weight excluding hydrogens is 300 g/mol. The van der Waals surface area contributed by atoms with Crippen LogP contribution in [-0.2, 0) is 9.59 Å². The summed E-state index contributed by atoms with van der Waals surface area (Å²) in [5.41, 5.74) is 0.465. The van der Waals surface area contributed by atoms with E-state index in [4.69, 9.17) is 0 Å². The standard InChI is InChI=1S/C12H8N2O4S2/c15-9-7(19-11(17)13-9)8-10(16)14(12(18)20-8)6-4-2-1-3-5-6/h1-5,7-8H,(H,13,15,17)/t7-,8-/m1/s1. The maximum Gasteiger partial charge on any atom is 0.293 e. The predicted molar refractivity (Wildman–Crippen MR) is 75.6 cm³/mol. The number of imide groups is 2. The molecule has 4 amide bonds.